The van der Waals surface area contributed by atoms with Crippen molar-refractivity contribution in [3.8, 4) is 11.3 Å². The molecule has 0 saturated carbocycles. The zero-order chi connectivity index (χ0) is 16.7. The largest absolute Gasteiger partial charge is 0.352 e. The Bertz CT molecular complexity index is 1010. The lowest BCUT2D eigenvalue weighted by atomic mass is 10.2. The molecule has 0 aliphatic heterocycles. The Balaban J connectivity index is 1.75. The molecule has 0 aromatic carbocycles. The Kier molecular flexibility index (Phi) is 3.41. The van der Waals surface area contributed by atoms with Gasteiger partial charge in [-0.2, -0.15) is 10.1 Å². The molecule has 0 unspecified atom stereocenters. The number of imidazole rings is 1. The van der Waals surface area contributed by atoms with Gasteiger partial charge in [-0.15, -0.1) is 0 Å². The fraction of sp³-hybridized carbons (Fsp3) is 0.294. The van der Waals surface area contributed by atoms with Crippen LogP contribution < -0.4 is 5.32 Å². The monoisotopic (exact) mass is 321 g/mol. The minimum absolute atomic E-state index is 0.338. The molecule has 0 saturated heterocycles. The molecule has 0 fully saturated rings. The molecule has 4 aromatic rings. The van der Waals surface area contributed by atoms with Crippen molar-refractivity contribution in [2.24, 2.45) is 0 Å². The Hall–Kier alpha value is -2.96. The van der Waals surface area contributed by atoms with E-state index < -0.39 is 0 Å². The van der Waals surface area contributed by atoms with Gasteiger partial charge in [-0.25, -0.2) is 14.5 Å². The molecule has 4 rings (SSSR count). The van der Waals surface area contributed by atoms with Gasteiger partial charge < -0.3 is 10.3 Å². The second-order valence-corrected chi connectivity index (χ2v) is 6.02. The third kappa shape index (κ3) is 2.47. The molecule has 0 aliphatic carbocycles. The molecule has 24 heavy (non-hydrogen) atoms. The smallest absolute Gasteiger partial charge is 0.224 e. The van der Waals surface area contributed by atoms with E-state index in [1.165, 1.54) is 0 Å². The summed E-state index contributed by atoms with van der Waals surface area (Å²) in [6.07, 6.45) is 6.69. The standard InChI is InChI=1S/C17H19N7/c1-4-10(2)21-17-19-8-13-12(7-18-16(13)22-17)14-5-6-15-20-11(3)9-24(15)23-14/h5-10H,4H2,1-3H3,(H2,18,19,21,22)/t10-/m0/s1. The van der Waals surface area contributed by atoms with Gasteiger partial charge in [-0.3, -0.25) is 0 Å². The van der Waals surface area contributed by atoms with Crippen LogP contribution in [0.4, 0.5) is 5.95 Å². The Morgan fingerprint density at radius 3 is 3.00 bits per heavy atom. The average Bonchev–Trinajstić information content (AvgIpc) is 3.15. The van der Waals surface area contributed by atoms with Crippen LogP contribution in [0.5, 0.6) is 0 Å². The summed E-state index contributed by atoms with van der Waals surface area (Å²) in [7, 11) is 0. The van der Waals surface area contributed by atoms with Crippen molar-refractivity contribution >= 4 is 22.6 Å². The molecule has 0 bridgehead atoms. The number of nitrogens with zero attached hydrogens (tertiary/aromatic N) is 5. The maximum atomic E-state index is 4.64. The van der Waals surface area contributed by atoms with Crippen molar-refractivity contribution in [1.29, 1.82) is 0 Å². The third-order valence-electron chi connectivity index (χ3n) is 4.14. The summed E-state index contributed by atoms with van der Waals surface area (Å²) in [4.78, 5) is 16.6. The maximum Gasteiger partial charge on any atom is 0.224 e. The summed E-state index contributed by atoms with van der Waals surface area (Å²) in [6, 6.07) is 4.27. The summed E-state index contributed by atoms with van der Waals surface area (Å²) < 4.78 is 1.79. The predicted octanol–water partition coefficient (Wildman–Crippen LogP) is 3.19. The number of hydrogen-bond acceptors (Lipinski definition) is 5. The summed E-state index contributed by atoms with van der Waals surface area (Å²) >= 11 is 0. The molecular weight excluding hydrogens is 302 g/mol. The van der Waals surface area contributed by atoms with Crippen molar-refractivity contribution in [3.05, 3.63) is 36.4 Å². The van der Waals surface area contributed by atoms with Crippen molar-refractivity contribution in [3.63, 3.8) is 0 Å². The summed E-state index contributed by atoms with van der Waals surface area (Å²) in [5, 5.41) is 8.88. The predicted molar refractivity (Wildman–Crippen MR) is 94.0 cm³/mol. The maximum absolute atomic E-state index is 4.64. The number of anilines is 1. The summed E-state index contributed by atoms with van der Waals surface area (Å²) in [5.41, 5.74) is 4.43. The summed E-state index contributed by atoms with van der Waals surface area (Å²) in [5.74, 6) is 0.638. The van der Waals surface area contributed by atoms with E-state index in [0.717, 1.165) is 40.1 Å². The number of fused-ring (bicyclic) bond motifs is 2. The van der Waals surface area contributed by atoms with Gasteiger partial charge >= 0.3 is 0 Å². The fourth-order valence-corrected chi connectivity index (χ4v) is 2.66. The van der Waals surface area contributed by atoms with Crippen LogP contribution in [0, 0.1) is 6.92 Å². The highest BCUT2D eigenvalue weighted by molar-refractivity contribution is 5.92. The number of H-pyrrole nitrogens is 1. The Morgan fingerprint density at radius 2 is 2.17 bits per heavy atom. The average molecular weight is 321 g/mol. The number of aromatic nitrogens is 6. The first kappa shape index (κ1) is 14.6. The highest BCUT2D eigenvalue weighted by Gasteiger charge is 2.12. The van der Waals surface area contributed by atoms with E-state index in [2.05, 4.69) is 44.2 Å². The van der Waals surface area contributed by atoms with Crippen LogP contribution >= 0.6 is 0 Å². The number of nitrogens with one attached hydrogen (secondary N) is 2. The van der Waals surface area contributed by atoms with Gasteiger partial charge in [0.25, 0.3) is 0 Å². The molecule has 1 atom stereocenters. The molecule has 7 heteroatoms. The van der Waals surface area contributed by atoms with Crippen LogP contribution in [-0.4, -0.2) is 35.6 Å². The van der Waals surface area contributed by atoms with Gasteiger partial charge in [0, 0.05) is 29.4 Å². The second-order valence-electron chi connectivity index (χ2n) is 6.02. The van der Waals surface area contributed by atoms with Crippen LogP contribution in [0.25, 0.3) is 27.9 Å². The molecule has 0 spiro atoms. The SMILES string of the molecule is CC[C@H](C)Nc1ncc2c(-c3ccc4nc(C)cn4n3)c[nH]c2n1. The fourth-order valence-electron chi connectivity index (χ4n) is 2.66. The van der Waals surface area contributed by atoms with Gasteiger partial charge in [-0.05, 0) is 32.4 Å². The molecule has 4 heterocycles. The highest BCUT2D eigenvalue weighted by Crippen LogP contribution is 2.26. The first-order valence-electron chi connectivity index (χ1n) is 8.08. The number of aryl methyl sites for hydroxylation is 1. The summed E-state index contributed by atoms with van der Waals surface area (Å²) in [6.45, 7) is 6.20. The minimum Gasteiger partial charge on any atom is -0.352 e. The molecule has 2 N–H and O–H groups in total. The molecular formula is C17H19N7. The third-order valence-corrected chi connectivity index (χ3v) is 4.14. The Labute approximate surface area is 139 Å². The zero-order valence-electron chi connectivity index (χ0n) is 13.9. The molecule has 7 nitrogen and oxygen atoms in total. The minimum atomic E-state index is 0.338. The first-order chi connectivity index (χ1) is 11.6. The van der Waals surface area contributed by atoms with Crippen molar-refractivity contribution in [2.45, 2.75) is 33.2 Å². The molecule has 4 aromatic heterocycles. The zero-order valence-corrected chi connectivity index (χ0v) is 13.9. The molecule has 0 amide bonds. The van der Waals surface area contributed by atoms with E-state index in [0.29, 0.717) is 12.0 Å². The van der Waals surface area contributed by atoms with Gasteiger partial charge in [0.05, 0.1) is 17.6 Å². The normalized spacial score (nSPS) is 12.8. The van der Waals surface area contributed by atoms with E-state index in [4.69, 9.17) is 0 Å². The van der Waals surface area contributed by atoms with Gasteiger partial charge in [0.15, 0.2) is 5.65 Å². The van der Waals surface area contributed by atoms with E-state index in [1.54, 1.807) is 4.52 Å². The highest BCUT2D eigenvalue weighted by atomic mass is 15.2. The lowest BCUT2D eigenvalue weighted by Gasteiger charge is -2.10. The first-order valence-corrected chi connectivity index (χ1v) is 8.08. The lowest BCUT2D eigenvalue weighted by molar-refractivity contribution is 0.754. The number of hydrogen-bond donors (Lipinski definition) is 2. The quantitative estimate of drug-likeness (QED) is 0.603. The molecule has 0 radical (unpaired) electrons. The lowest BCUT2D eigenvalue weighted by Crippen LogP contribution is -2.15. The topological polar surface area (TPSA) is 83.8 Å². The van der Waals surface area contributed by atoms with Gasteiger partial charge in [0.1, 0.15) is 5.65 Å². The van der Waals surface area contributed by atoms with Crippen LogP contribution in [0.1, 0.15) is 26.0 Å². The second kappa shape index (κ2) is 5.59. The van der Waals surface area contributed by atoms with Crippen LogP contribution in [0.15, 0.2) is 30.7 Å². The number of rotatable bonds is 4. The molecule has 0 aliphatic rings. The van der Waals surface area contributed by atoms with Crippen molar-refractivity contribution < 1.29 is 0 Å². The van der Waals surface area contributed by atoms with Crippen LogP contribution in [-0.2, 0) is 0 Å². The van der Waals surface area contributed by atoms with E-state index in [9.17, 15) is 0 Å². The Morgan fingerprint density at radius 1 is 1.29 bits per heavy atom. The van der Waals surface area contributed by atoms with Crippen molar-refractivity contribution in [1.82, 2.24) is 29.5 Å². The van der Waals surface area contributed by atoms with Gasteiger partial charge in [0.2, 0.25) is 5.95 Å². The van der Waals surface area contributed by atoms with Crippen molar-refractivity contribution in [2.75, 3.05) is 5.32 Å². The van der Waals surface area contributed by atoms with E-state index in [-0.39, 0.29) is 0 Å². The van der Waals surface area contributed by atoms with Crippen LogP contribution in [0.3, 0.4) is 0 Å². The molecule has 122 valence electrons. The van der Waals surface area contributed by atoms with E-state index >= 15 is 0 Å². The van der Waals surface area contributed by atoms with Gasteiger partial charge in [-0.1, -0.05) is 6.92 Å². The van der Waals surface area contributed by atoms with Crippen LogP contribution in [0.2, 0.25) is 0 Å². The number of aromatic amines is 1. The van der Waals surface area contributed by atoms with E-state index in [1.807, 2.05) is 37.6 Å².